The van der Waals surface area contributed by atoms with Crippen LogP contribution in [0, 0.1) is 0 Å². The van der Waals surface area contributed by atoms with Crippen LogP contribution in [0.4, 0.5) is 0 Å². The molecular weight excluding hydrogens is 472 g/mol. The molecule has 2 aromatic heterocycles. The monoisotopic (exact) mass is 512 g/mol. The maximum atomic E-state index is 4.93. The van der Waals surface area contributed by atoms with E-state index in [1.165, 1.54) is 92.0 Å². The number of rotatable bonds is 11. The van der Waals surface area contributed by atoms with Crippen LogP contribution in [0.3, 0.4) is 0 Å². The second-order valence-electron chi connectivity index (χ2n) is 11.4. The van der Waals surface area contributed by atoms with Crippen molar-refractivity contribution >= 4 is 21.8 Å². The Bertz CT molecular complexity index is 1590. The molecule has 0 atom stereocenters. The minimum Gasteiger partial charge on any atom is -0.254 e. The van der Waals surface area contributed by atoms with Crippen LogP contribution in [0.25, 0.3) is 44.1 Å². The third kappa shape index (κ3) is 4.75. The number of benzene rings is 3. The minimum absolute atomic E-state index is 0.105. The van der Waals surface area contributed by atoms with Gasteiger partial charge in [0.05, 0.1) is 11.0 Å². The maximum Gasteiger partial charge on any atom is 0.0964 e. The molecule has 198 valence electrons. The van der Waals surface area contributed by atoms with E-state index in [-0.39, 0.29) is 5.41 Å². The molecule has 1 aliphatic carbocycles. The van der Waals surface area contributed by atoms with E-state index >= 15 is 0 Å². The Labute approximate surface area is 233 Å². The van der Waals surface area contributed by atoms with Gasteiger partial charge < -0.3 is 0 Å². The Balaban J connectivity index is 1.44. The largest absolute Gasteiger partial charge is 0.254 e. The summed E-state index contributed by atoms with van der Waals surface area (Å²) in [4.78, 5) is 9.55. The first-order chi connectivity index (χ1) is 19.2. The van der Waals surface area contributed by atoms with E-state index in [1.807, 2.05) is 18.5 Å². The van der Waals surface area contributed by atoms with E-state index in [1.54, 1.807) is 5.56 Å². The van der Waals surface area contributed by atoms with E-state index in [0.717, 1.165) is 21.8 Å². The molecule has 0 aliphatic heterocycles. The zero-order valence-corrected chi connectivity index (χ0v) is 23.5. The fraction of sp³-hybridized carbons (Fsp3) is 0.351. The van der Waals surface area contributed by atoms with Crippen molar-refractivity contribution in [2.75, 3.05) is 0 Å². The van der Waals surface area contributed by atoms with Gasteiger partial charge in [-0.15, -0.1) is 0 Å². The Hall–Kier alpha value is -3.52. The van der Waals surface area contributed by atoms with Gasteiger partial charge in [0.1, 0.15) is 0 Å². The average molecular weight is 513 g/mol. The van der Waals surface area contributed by atoms with Gasteiger partial charge in [0, 0.05) is 34.1 Å². The molecule has 2 heterocycles. The smallest absolute Gasteiger partial charge is 0.0964 e. The van der Waals surface area contributed by atoms with Crippen LogP contribution >= 0.6 is 0 Å². The van der Waals surface area contributed by atoms with Gasteiger partial charge in [0.25, 0.3) is 0 Å². The molecule has 39 heavy (non-hydrogen) atoms. The van der Waals surface area contributed by atoms with Gasteiger partial charge in [-0.05, 0) is 58.9 Å². The summed E-state index contributed by atoms with van der Waals surface area (Å²) in [5, 5.41) is 2.28. The molecule has 2 nitrogen and oxygen atoms in total. The van der Waals surface area contributed by atoms with Crippen LogP contribution in [0.5, 0.6) is 0 Å². The van der Waals surface area contributed by atoms with Crippen molar-refractivity contribution in [3.63, 3.8) is 0 Å². The highest BCUT2D eigenvalue weighted by molar-refractivity contribution is 6.03. The van der Waals surface area contributed by atoms with E-state index < -0.39 is 0 Å². The molecule has 0 radical (unpaired) electrons. The Morgan fingerprint density at radius 1 is 0.564 bits per heavy atom. The first-order valence-electron chi connectivity index (χ1n) is 15.1. The summed E-state index contributed by atoms with van der Waals surface area (Å²) in [5.41, 5.74) is 10.5. The summed E-state index contributed by atoms with van der Waals surface area (Å²) in [6.45, 7) is 4.62. The van der Waals surface area contributed by atoms with E-state index in [4.69, 9.17) is 4.98 Å². The summed E-state index contributed by atoms with van der Waals surface area (Å²) in [6, 6.07) is 27.2. The fourth-order valence-corrected chi connectivity index (χ4v) is 6.90. The lowest BCUT2D eigenvalue weighted by molar-refractivity contribution is 0.401. The van der Waals surface area contributed by atoms with Gasteiger partial charge in [0.2, 0.25) is 0 Å². The van der Waals surface area contributed by atoms with Crippen LogP contribution in [0.2, 0.25) is 0 Å². The molecule has 2 heteroatoms. The second kappa shape index (κ2) is 11.3. The first kappa shape index (κ1) is 25.7. The molecule has 5 aromatic rings. The van der Waals surface area contributed by atoms with Crippen molar-refractivity contribution in [2.45, 2.75) is 83.5 Å². The van der Waals surface area contributed by atoms with Crippen LogP contribution in [0.15, 0.2) is 85.2 Å². The molecule has 6 rings (SSSR count). The third-order valence-electron chi connectivity index (χ3n) is 8.94. The molecule has 0 bridgehead atoms. The van der Waals surface area contributed by atoms with Crippen LogP contribution in [-0.4, -0.2) is 9.97 Å². The number of nitrogens with zero attached hydrogens (tertiary/aromatic N) is 2. The van der Waals surface area contributed by atoms with Crippen molar-refractivity contribution in [3.05, 3.63) is 96.3 Å². The van der Waals surface area contributed by atoms with Crippen LogP contribution < -0.4 is 0 Å². The van der Waals surface area contributed by atoms with E-state index in [9.17, 15) is 0 Å². The standard InChI is InChI=1S/C37H40N2/c1-3-5-7-11-21-37(22-12-8-6-4-2)33-16-10-9-15-31(33)32-20-19-28(25-34(32)37)30-24-29-18-17-27-14-13-23-38-35(27)36(29)39-26-30/h9-10,13-20,23-26H,3-8,11-12,21-22H2,1-2H3. The van der Waals surface area contributed by atoms with Gasteiger partial charge >= 0.3 is 0 Å². The first-order valence-corrected chi connectivity index (χ1v) is 15.1. The predicted molar refractivity (Wildman–Crippen MR) is 166 cm³/mol. The molecule has 0 unspecified atom stereocenters. The molecule has 0 saturated carbocycles. The number of aromatic nitrogens is 2. The fourth-order valence-electron chi connectivity index (χ4n) is 6.90. The minimum atomic E-state index is 0.105. The Morgan fingerprint density at radius 2 is 1.28 bits per heavy atom. The van der Waals surface area contributed by atoms with Crippen molar-refractivity contribution in [2.24, 2.45) is 0 Å². The predicted octanol–water partition coefficient (Wildman–Crippen LogP) is 10.7. The van der Waals surface area contributed by atoms with Gasteiger partial charge in [-0.1, -0.05) is 120 Å². The summed E-state index contributed by atoms with van der Waals surface area (Å²) in [7, 11) is 0. The third-order valence-corrected chi connectivity index (χ3v) is 8.94. The summed E-state index contributed by atoms with van der Waals surface area (Å²) in [5.74, 6) is 0. The van der Waals surface area contributed by atoms with E-state index in [0.29, 0.717) is 0 Å². The normalized spacial score (nSPS) is 13.6. The summed E-state index contributed by atoms with van der Waals surface area (Å²) >= 11 is 0. The summed E-state index contributed by atoms with van der Waals surface area (Å²) in [6.07, 6.45) is 16.8. The number of hydrogen-bond donors (Lipinski definition) is 0. The van der Waals surface area contributed by atoms with Crippen molar-refractivity contribution in [3.8, 4) is 22.3 Å². The van der Waals surface area contributed by atoms with Gasteiger partial charge in [-0.2, -0.15) is 0 Å². The SMILES string of the molecule is CCCCCCC1(CCCCCC)c2ccccc2-c2ccc(-c3cnc4c(ccc5cccnc54)c3)cc21. The second-order valence-corrected chi connectivity index (χ2v) is 11.4. The number of fused-ring (bicyclic) bond motifs is 6. The quantitative estimate of drug-likeness (QED) is 0.130. The summed E-state index contributed by atoms with van der Waals surface area (Å²) < 4.78 is 0. The average Bonchev–Trinajstić information content (AvgIpc) is 3.26. The molecule has 0 N–H and O–H groups in total. The van der Waals surface area contributed by atoms with Crippen molar-refractivity contribution < 1.29 is 0 Å². The number of unbranched alkanes of at least 4 members (excludes halogenated alkanes) is 6. The molecular formula is C37H40N2. The van der Waals surface area contributed by atoms with E-state index in [2.05, 4.69) is 85.6 Å². The zero-order valence-electron chi connectivity index (χ0n) is 23.5. The topological polar surface area (TPSA) is 25.8 Å². The highest BCUT2D eigenvalue weighted by Crippen LogP contribution is 2.55. The zero-order chi connectivity index (χ0) is 26.7. The molecule has 3 aromatic carbocycles. The van der Waals surface area contributed by atoms with Crippen molar-refractivity contribution in [1.82, 2.24) is 9.97 Å². The van der Waals surface area contributed by atoms with Gasteiger partial charge in [-0.25, -0.2) is 0 Å². The highest BCUT2D eigenvalue weighted by Gasteiger charge is 2.42. The lowest BCUT2D eigenvalue weighted by Crippen LogP contribution is -2.25. The van der Waals surface area contributed by atoms with Crippen LogP contribution in [-0.2, 0) is 5.41 Å². The Morgan fingerprint density at radius 3 is 2.08 bits per heavy atom. The lowest BCUT2D eigenvalue weighted by Gasteiger charge is -2.33. The number of pyridine rings is 2. The van der Waals surface area contributed by atoms with Gasteiger partial charge in [0.15, 0.2) is 0 Å². The number of hydrogen-bond acceptors (Lipinski definition) is 2. The molecule has 0 spiro atoms. The van der Waals surface area contributed by atoms with Gasteiger partial charge in [-0.3, -0.25) is 9.97 Å². The maximum absolute atomic E-state index is 4.93. The van der Waals surface area contributed by atoms with Crippen molar-refractivity contribution in [1.29, 1.82) is 0 Å². The molecule has 1 aliphatic rings. The highest BCUT2D eigenvalue weighted by atomic mass is 14.7. The van der Waals surface area contributed by atoms with Crippen LogP contribution in [0.1, 0.15) is 89.2 Å². The lowest BCUT2D eigenvalue weighted by atomic mass is 9.70. The molecule has 0 amide bonds. The molecule has 0 fully saturated rings. The Kier molecular flexibility index (Phi) is 7.46. The molecule has 0 saturated heterocycles.